The number of benzene rings is 1. The number of anilines is 1. The maximum absolute atomic E-state index is 11.8. The molecule has 4 atom stereocenters. The average Bonchev–Trinajstić information content (AvgIpc) is 3.33. The Kier molecular flexibility index (Phi) is 5.69. The molecule has 1 fully saturated rings. The van der Waals surface area contributed by atoms with E-state index >= 15 is 0 Å². The highest BCUT2D eigenvalue weighted by molar-refractivity contribution is 5.84. The average molecular weight is 421 g/mol. The first kappa shape index (κ1) is 20.9. The Bertz CT molecular complexity index is 1180. The summed E-state index contributed by atoms with van der Waals surface area (Å²) < 4.78 is 1.68. The SMILES string of the molecule is CNc1nc(C#Cc2ccc(CO)cc2)nc2c1ncn2[C@@H]1C[C@H](C(C)=O)C(O)[C@H]1O. The van der Waals surface area contributed by atoms with Crippen LogP contribution in [0.5, 0.6) is 0 Å². The van der Waals surface area contributed by atoms with Crippen LogP contribution >= 0.6 is 0 Å². The van der Waals surface area contributed by atoms with Gasteiger partial charge in [0.25, 0.3) is 0 Å². The fraction of sp³-hybridized carbons (Fsp3) is 0.364. The molecule has 1 aliphatic carbocycles. The topological polar surface area (TPSA) is 133 Å². The van der Waals surface area contributed by atoms with E-state index in [9.17, 15) is 15.0 Å². The summed E-state index contributed by atoms with van der Waals surface area (Å²) in [6, 6.07) is 6.65. The van der Waals surface area contributed by atoms with Crippen molar-refractivity contribution < 1.29 is 20.1 Å². The molecular formula is C22H23N5O4. The standard InChI is InChI=1S/C22H23N5O4/c1-12(29)15-9-16(20(31)19(15)30)27-11-24-18-21(23-2)25-17(26-22(18)27)8-7-13-3-5-14(10-28)6-4-13/h3-6,11,15-16,19-20,28,30-31H,9-10H2,1-2H3,(H,23,25,26)/t15-,16-,19?,20+/m1/s1. The Hall–Kier alpha value is -3.32. The third kappa shape index (κ3) is 3.88. The highest BCUT2D eigenvalue weighted by Crippen LogP contribution is 2.37. The van der Waals surface area contributed by atoms with Crippen molar-refractivity contribution in [3.8, 4) is 11.8 Å². The zero-order valence-corrected chi connectivity index (χ0v) is 17.1. The molecule has 2 aromatic heterocycles. The molecule has 9 heteroatoms. The van der Waals surface area contributed by atoms with Crippen LogP contribution in [-0.2, 0) is 11.4 Å². The van der Waals surface area contributed by atoms with Gasteiger partial charge in [-0.25, -0.2) is 15.0 Å². The van der Waals surface area contributed by atoms with Crippen molar-refractivity contribution in [2.45, 2.75) is 38.2 Å². The Morgan fingerprint density at radius 1 is 1.19 bits per heavy atom. The molecule has 4 rings (SSSR count). The number of hydrogen-bond acceptors (Lipinski definition) is 8. The summed E-state index contributed by atoms with van der Waals surface area (Å²) in [7, 11) is 1.71. The molecule has 0 amide bonds. The number of ketones is 1. The zero-order valence-electron chi connectivity index (χ0n) is 17.1. The van der Waals surface area contributed by atoms with E-state index in [0.717, 1.165) is 11.1 Å². The maximum atomic E-state index is 11.8. The molecule has 3 aromatic rings. The summed E-state index contributed by atoms with van der Waals surface area (Å²) in [6.45, 7) is 1.38. The molecule has 1 aliphatic rings. The van der Waals surface area contributed by atoms with Crippen molar-refractivity contribution in [3.63, 3.8) is 0 Å². The predicted octanol–water partition coefficient (Wildman–Crippen LogP) is 0.632. The van der Waals surface area contributed by atoms with Gasteiger partial charge in [0.2, 0.25) is 5.82 Å². The van der Waals surface area contributed by atoms with E-state index in [1.807, 2.05) is 0 Å². The van der Waals surface area contributed by atoms with Crippen LogP contribution in [0.3, 0.4) is 0 Å². The van der Waals surface area contributed by atoms with E-state index in [4.69, 9.17) is 5.11 Å². The van der Waals surface area contributed by atoms with Crippen molar-refractivity contribution in [2.75, 3.05) is 12.4 Å². The molecule has 1 unspecified atom stereocenters. The van der Waals surface area contributed by atoms with E-state index in [1.165, 1.54) is 13.3 Å². The number of imidazole rings is 1. The van der Waals surface area contributed by atoms with Gasteiger partial charge in [-0.3, -0.25) is 4.79 Å². The smallest absolute Gasteiger partial charge is 0.209 e. The number of Topliss-reactive ketones (excluding diaryl/α,β-unsaturated/α-hetero) is 1. The normalized spacial score (nSPS) is 22.9. The lowest BCUT2D eigenvalue weighted by atomic mass is 10.0. The monoisotopic (exact) mass is 421 g/mol. The maximum Gasteiger partial charge on any atom is 0.209 e. The fourth-order valence-electron chi connectivity index (χ4n) is 3.90. The second-order valence-electron chi connectivity index (χ2n) is 7.58. The summed E-state index contributed by atoms with van der Waals surface area (Å²) in [5.74, 6) is 5.89. The molecule has 9 nitrogen and oxygen atoms in total. The number of nitrogens with one attached hydrogen (secondary N) is 1. The van der Waals surface area contributed by atoms with E-state index in [-0.39, 0.29) is 18.2 Å². The van der Waals surface area contributed by atoms with Gasteiger partial charge in [0.05, 0.1) is 25.1 Å². The third-order valence-corrected chi connectivity index (χ3v) is 5.64. The van der Waals surface area contributed by atoms with E-state index in [2.05, 4.69) is 32.1 Å². The second kappa shape index (κ2) is 8.43. The molecule has 2 heterocycles. The lowest BCUT2D eigenvalue weighted by Crippen LogP contribution is -2.31. The van der Waals surface area contributed by atoms with Crippen LogP contribution in [0, 0.1) is 17.8 Å². The van der Waals surface area contributed by atoms with Gasteiger partial charge in [-0.15, -0.1) is 0 Å². The van der Waals surface area contributed by atoms with Crippen LogP contribution in [-0.4, -0.2) is 59.9 Å². The first-order valence-corrected chi connectivity index (χ1v) is 9.93. The van der Waals surface area contributed by atoms with Crippen molar-refractivity contribution in [1.82, 2.24) is 19.5 Å². The molecule has 1 saturated carbocycles. The van der Waals surface area contributed by atoms with Gasteiger partial charge in [0, 0.05) is 18.5 Å². The number of aliphatic hydroxyl groups is 3. The summed E-state index contributed by atoms with van der Waals surface area (Å²) in [5, 5.41) is 33.0. The molecule has 160 valence electrons. The number of hydrogen-bond donors (Lipinski definition) is 4. The summed E-state index contributed by atoms with van der Waals surface area (Å²) in [4.78, 5) is 25.1. The molecule has 0 saturated heterocycles. The summed E-state index contributed by atoms with van der Waals surface area (Å²) >= 11 is 0. The molecule has 0 aliphatic heterocycles. The number of fused-ring (bicyclic) bond motifs is 1. The third-order valence-electron chi connectivity index (χ3n) is 5.64. The number of carbonyl (C=O) groups is 1. The predicted molar refractivity (Wildman–Crippen MR) is 113 cm³/mol. The Morgan fingerprint density at radius 2 is 1.94 bits per heavy atom. The molecule has 4 N–H and O–H groups in total. The van der Waals surface area contributed by atoms with E-state index in [0.29, 0.717) is 23.4 Å². The Labute approximate surface area is 178 Å². The first-order chi connectivity index (χ1) is 14.9. The number of rotatable bonds is 4. The van der Waals surface area contributed by atoms with Crippen LogP contribution < -0.4 is 5.32 Å². The minimum Gasteiger partial charge on any atom is -0.392 e. The lowest BCUT2D eigenvalue weighted by molar-refractivity contribution is -0.124. The molecular weight excluding hydrogens is 398 g/mol. The van der Waals surface area contributed by atoms with Gasteiger partial charge < -0.3 is 25.2 Å². The lowest BCUT2D eigenvalue weighted by Gasteiger charge is -2.18. The van der Waals surface area contributed by atoms with Crippen LogP contribution in [0.4, 0.5) is 5.82 Å². The Morgan fingerprint density at radius 3 is 2.55 bits per heavy atom. The molecule has 0 spiro atoms. The first-order valence-electron chi connectivity index (χ1n) is 9.93. The number of aliphatic hydroxyl groups excluding tert-OH is 3. The van der Waals surface area contributed by atoms with Crippen molar-refractivity contribution >= 4 is 22.8 Å². The van der Waals surface area contributed by atoms with Crippen molar-refractivity contribution in [3.05, 3.63) is 47.5 Å². The summed E-state index contributed by atoms with van der Waals surface area (Å²) in [5.41, 5.74) is 2.51. The highest BCUT2D eigenvalue weighted by atomic mass is 16.3. The van der Waals surface area contributed by atoms with Crippen molar-refractivity contribution in [1.29, 1.82) is 0 Å². The number of carbonyl (C=O) groups excluding carboxylic acids is 1. The number of aromatic nitrogens is 4. The molecule has 1 aromatic carbocycles. The van der Waals surface area contributed by atoms with E-state index in [1.54, 1.807) is 35.9 Å². The van der Waals surface area contributed by atoms with Crippen molar-refractivity contribution in [2.24, 2.45) is 5.92 Å². The van der Waals surface area contributed by atoms with Gasteiger partial charge in [-0.1, -0.05) is 18.1 Å². The summed E-state index contributed by atoms with van der Waals surface area (Å²) in [6.07, 6.45) is -0.417. The van der Waals surface area contributed by atoms with Crippen LogP contribution in [0.2, 0.25) is 0 Å². The molecule has 31 heavy (non-hydrogen) atoms. The van der Waals surface area contributed by atoms with Gasteiger partial charge in [0.1, 0.15) is 11.9 Å². The van der Waals surface area contributed by atoms with Crippen LogP contribution in [0.25, 0.3) is 11.2 Å². The van der Waals surface area contributed by atoms with Gasteiger partial charge >= 0.3 is 0 Å². The zero-order chi connectivity index (χ0) is 22.1. The quantitative estimate of drug-likeness (QED) is 0.451. The second-order valence-corrected chi connectivity index (χ2v) is 7.58. The largest absolute Gasteiger partial charge is 0.392 e. The highest BCUT2D eigenvalue weighted by Gasteiger charge is 2.45. The number of nitrogens with zero attached hydrogens (tertiary/aromatic N) is 4. The molecule has 0 bridgehead atoms. The minimum absolute atomic E-state index is 0.0325. The van der Waals surface area contributed by atoms with Crippen LogP contribution in [0.15, 0.2) is 30.6 Å². The minimum atomic E-state index is -1.13. The molecule has 0 radical (unpaired) electrons. The Balaban J connectivity index is 1.73. The van der Waals surface area contributed by atoms with Gasteiger partial charge in [-0.2, -0.15) is 0 Å². The van der Waals surface area contributed by atoms with Gasteiger partial charge in [0.15, 0.2) is 17.0 Å². The van der Waals surface area contributed by atoms with E-state index < -0.39 is 24.2 Å². The van der Waals surface area contributed by atoms with Crippen LogP contribution in [0.1, 0.15) is 36.3 Å². The fourth-order valence-corrected chi connectivity index (χ4v) is 3.90. The van der Waals surface area contributed by atoms with Gasteiger partial charge in [-0.05, 0) is 37.0 Å².